The van der Waals surface area contributed by atoms with Crippen molar-refractivity contribution in [2.75, 3.05) is 85.8 Å². The van der Waals surface area contributed by atoms with E-state index in [9.17, 15) is 93.9 Å². The van der Waals surface area contributed by atoms with Crippen LogP contribution < -0.4 is 16.0 Å². The number of nitrogens with one attached hydrogen (secondary N) is 3. The Morgan fingerprint density at radius 2 is 0.818 bits per heavy atom. The molecule has 0 spiro atoms. The quantitative estimate of drug-likeness (QED) is 0.0213. The van der Waals surface area contributed by atoms with Gasteiger partial charge >= 0.3 is 15.4 Å². The minimum atomic E-state index is -4.98. The van der Waals surface area contributed by atoms with Crippen molar-refractivity contribution in [3.8, 4) is 0 Å². The number of aliphatic hydroxyl groups is 10. The van der Waals surface area contributed by atoms with Crippen LogP contribution in [0.2, 0.25) is 0 Å². The minimum Gasteiger partial charge on any atom is -0.394 e. The number of amides is 6. The van der Waals surface area contributed by atoms with Crippen LogP contribution in [-0.4, -0.2) is 326 Å². The van der Waals surface area contributed by atoms with E-state index >= 15 is 0 Å². The summed E-state index contributed by atoms with van der Waals surface area (Å²) in [5.41, 5.74) is 0. The zero-order valence-electron chi connectivity index (χ0n) is 57.2. The summed E-state index contributed by atoms with van der Waals surface area (Å²) in [7, 11) is -8.99. The van der Waals surface area contributed by atoms with Gasteiger partial charge in [0.25, 0.3) is 0 Å². The largest absolute Gasteiger partial charge is 0.472 e. The molecule has 6 aliphatic rings. The second kappa shape index (κ2) is 40.6. The van der Waals surface area contributed by atoms with Crippen molar-refractivity contribution >= 4 is 50.9 Å². The van der Waals surface area contributed by atoms with Crippen LogP contribution >= 0.6 is 15.4 Å². The van der Waals surface area contributed by atoms with E-state index in [2.05, 4.69) is 16.0 Å². The number of carbonyl (C=O) groups excluding carboxylic acids is 6. The second-order valence-corrected chi connectivity index (χ2v) is 29.9. The lowest BCUT2D eigenvalue weighted by molar-refractivity contribution is -0.270. The van der Waals surface area contributed by atoms with Gasteiger partial charge in [-0.05, 0) is 71.6 Å². The van der Waals surface area contributed by atoms with Crippen molar-refractivity contribution in [3.05, 3.63) is 0 Å². The second-order valence-electron chi connectivity index (χ2n) is 26.5. The maximum atomic E-state index is 14.3. The highest BCUT2D eigenvalue weighted by molar-refractivity contribution is 7.53. The molecule has 0 aromatic carbocycles. The lowest BCUT2D eigenvalue weighted by Gasteiger charge is -2.42. The number of rotatable bonds is 40. The first-order chi connectivity index (χ1) is 46.8. The highest BCUT2D eigenvalue weighted by atomic mass is 31.2. The van der Waals surface area contributed by atoms with Crippen LogP contribution in [0.15, 0.2) is 0 Å². The van der Waals surface area contributed by atoms with E-state index in [0.717, 1.165) is 0 Å². The van der Waals surface area contributed by atoms with Crippen LogP contribution in [0.3, 0.4) is 0 Å². The standard InChI is InChI=1S/C61H108N6O30P2/c1-34(2)90-31-39-23-42(26-66(39)48(76)17-11-8-14-20-88-60-51(63-36(4)72)57(82)54(79)45(29-69)94-60)96-98(6,84)91-32-40-24-43(27-67(40)49(77)18-12-9-15-21-89-61-52(64-37(5)73)58(83)55(80)46(30-70)95-61)97-99(85,86)92-33-38-22-41(74)25-65(38)47(75)16-10-7-13-19-87-59-50(62-35(3)71)56(81)53(78)44(28-68)93-59/h34,38-46,50-61,68-70,74,78-83H,7-33H2,1-6H3,(H,62,71)(H,63,72)(H,64,73)(H,85,86)/t38-,39-,40-,41+,42+,43+,44?,45?,46?,50?,51?,52?,53-,54-,55-,56+,57+,58+,59+,60+,61+,98?/m0/s1. The molecular weight excluding hydrogens is 1360 g/mol. The summed E-state index contributed by atoms with van der Waals surface area (Å²) in [4.78, 5) is 92.5. The predicted octanol–water partition coefficient (Wildman–Crippen LogP) is -3.14. The van der Waals surface area contributed by atoms with Crippen molar-refractivity contribution in [3.63, 3.8) is 0 Å². The fourth-order valence-electron chi connectivity index (χ4n) is 12.9. The number of phosphoric acid groups is 1. The zero-order chi connectivity index (χ0) is 72.9. The fraction of sp³-hybridized carbons (Fsp3) is 0.902. The number of carbonyl (C=O) groups is 6. The number of ether oxygens (including phenoxy) is 7. The number of nitrogens with zero attached hydrogens (tertiary/aromatic N) is 3. The Morgan fingerprint density at radius 1 is 0.475 bits per heavy atom. The van der Waals surface area contributed by atoms with Crippen molar-refractivity contribution in [1.82, 2.24) is 30.7 Å². The van der Waals surface area contributed by atoms with Crippen LogP contribution in [0.5, 0.6) is 0 Å². The summed E-state index contributed by atoms with van der Waals surface area (Å²) in [5.74, 6) is -2.55. The number of aliphatic hydroxyl groups excluding tert-OH is 10. The Bertz CT molecular complexity index is 2650. The first kappa shape index (κ1) is 84.3. The van der Waals surface area contributed by atoms with Gasteiger partial charge in [-0.1, -0.05) is 19.3 Å². The minimum absolute atomic E-state index is 0.0161. The molecule has 6 rings (SSSR count). The van der Waals surface area contributed by atoms with Crippen molar-refractivity contribution in [2.45, 2.75) is 265 Å². The number of β-amino-alcohol motifs (C(OH)–C–C–N with tert-alkyl or cyclic N) is 1. The molecule has 38 heteroatoms. The summed E-state index contributed by atoms with van der Waals surface area (Å²) in [6.07, 6.45) is -15.2. The van der Waals surface area contributed by atoms with Crippen LogP contribution in [0, 0.1) is 0 Å². The Labute approximate surface area is 575 Å². The number of hydrogen-bond acceptors (Lipinski definition) is 29. The van der Waals surface area contributed by atoms with E-state index in [1.807, 2.05) is 13.8 Å². The van der Waals surface area contributed by atoms with E-state index in [1.165, 1.54) is 37.2 Å². The molecule has 99 heavy (non-hydrogen) atoms. The number of likely N-dealkylation sites (tertiary alicyclic amines) is 3. The number of hydrogen-bond donors (Lipinski definition) is 14. The summed E-state index contributed by atoms with van der Waals surface area (Å²) >= 11 is 0. The van der Waals surface area contributed by atoms with Gasteiger partial charge in [0.05, 0.1) is 82.2 Å². The van der Waals surface area contributed by atoms with E-state index in [4.69, 9.17) is 51.3 Å². The smallest absolute Gasteiger partial charge is 0.394 e. The third-order valence-electron chi connectivity index (χ3n) is 18.0. The van der Waals surface area contributed by atoms with Gasteiger partial charge in [-0.3, -0.25) is 42.4 Å². The van der Waals surface area contributed by atoms with Gasteiger partial charge in [0, 0.05) is 86.2 Å². The zero-order valence-corrected chi connectivity index (χ0v) is 59.0. The van der Waals surface area contributed by atoms with E-state index < -0.39 is 200 Å². The molecule has 6 amide bonds. The third-order valence-corrected chi connectivity index (χ3v) is 20.3. The summed E-state index contributed by atoms with van der Waals surface area (Å²) in [6.45, 7) is 5.87. The highest BCUT2D eigenvalue weighted by Crippen LogP contribution is 2.50. The topological polar surface area (TPSA) is 506 Å². The molecule has 0 saturated carbocycles. The Kier molecular flexibility index (Phi) is 34.6. The molecule has 572 valence electrons. The Morgan fingerprint density at radius 3 is 1.18 bits per heavy atom. The van der Waals surface area contributed by atoms with Gasteiger partial charge in [-0.2, -0.15) is 0 Å². The number of phosphoric ester groups is 1. The molecule has 23 atom stereocenters. The van der Waals surface area contributed by atoms with E-state index in [0.29, 0.717) is 57.8 Å². The first-order valence-electron chi connectivity index (χ1n) is 34.1. The highest BCUT2D eigenvalue weighted by Gasteiger charge is 2.49. The maximum absolute atomic E-state index is 14.3. The van der Waals surface area contributed by atoms with Gasteiger partial charge in [0.2, 0.25) is 35.4 Å². The van der Waals surface area contributed by atoms with Gasteiger partial charge in [-0.15, -0.1) is 0 Å². The molecule has 0 radical (unpaired) electrons. The van der Waals surface area contributed by atoms with Crippen LogP contribution in [0.25, 0.3) is 0 Å². The van der Waals surface area contributed by atoms with Crippen molar-refractivity contribution < 1.29 is 145 Å². The lowest BCUT2D eigenvalue weighted by atomic mass is 9.97. The summed E-state index contributed by atoms with van der Waals surface area (Å²) in [6, 6.07) is -5.57. The van der Waals surface area contributed by atoms with Gasteiger partial charge in [0.15, 0.2) is 18.9 Å². The average Bonchev–Trinajstić information content (AvgIpc) is 1.78. The predicted molar refractivity (Wildman–Crippen MR) is 342 cm³/mol. The fourth-order valence-corrected chi connectivity index (χ4v) is 15.1. The van der Waals surface area contributed by atoms with Crippen molar-refractivity contribution in [2.24, 2.45) is 0 Å². The summed E-state index contributed by atoms with van der Waals surface area (Å²) in [5, 5.41) is 110. The molecule has 6 fully saturated rings. The monoisotopic (exact) mass is 1470 g/mol. The van der Waals surface area contributed by atoms with E-state index in [1.54, 1.807) is 4.90 Å². The molecule has 0 aromatic rings. The Balaban J connectivity index is 1.02. The normalized spacial score (nSPS) is 33.9. The molecule has 6 saturated heterocycles. The van der Waals surface area contributed by atoms with Crippen LogP contribution in [0.4, 0.5) is 0 Å². The summed E-state index contributed by atoms with van der Waals surface area (Å²) < 4.78 is 91.5. The average molecular weight is 1470 g/mol. The molecule has 0 aromatic heterocycles. The molecule has 6 heterocycles. The maximum Gasteiger partial charge on any atom is 0.472 e. The SMILES string of the molecule is CC(=O)NC1[C@H](OCCCCCC(=O)N2C[C@H](O)C[C@H]2COP(=O)(O)O[C@@H]2C[C@@H](COP(C)(=O)O[C@@H]3C[C@@H](COC(C)C)N(C(=O)CCCCCO[C@@H]4OC(CO)[C@H](O)[C@H](O)C4NC(C)=O)C3)N(C(=O)CCCCCO[C@@H]3OC(CO)[C@H](O)[C@H](O)C3NC(C)=O)C2)OC(CO)[C@H](O)[C@@H]1O. The Hall–Kier alpha value is -3.60. The van der Waals surface area contributed by atoms with Gasteiger partial charge in [-0.25, -0.2) is 4.57 Å². The molecule has 6 aliphatic heterocycles. The molecule has 0 bridgehead atoms. The molecule has 14 N–H and O–H groups in total. The molecule has 36 nitrogen and oxygen atoms in total. The van der Waals surface area contributed by atoms with Gasteiger partial charge in [0.1, 0.15) is 73.1 Å². The molecule has 0 aliphatic carbocycles. The van der Waals surface area contributed by atoms with Crippen LogP contribution in [0.1, 0.15) is 131 Å². The third kappa shape index (κ3) is 25.9. The molecular formula is C61H108N6O30P2. The van der Waals surface area contributed by atoms with Crippen molar-refractivity contribution in [1.29, 1.82) is 0 Å². The van der Waals surface area contributed by atoms with E-state index in [-0.39, 0.29) is 103 Å². The molecule has 8 unspecified atom stereocenters. The first-order valence-corrected chi connectivity index (χ1v) is 37.6. The van der Waals surface area contributed by atoms with Crippen LogP contribution in [-0.2, 0) is 89.2 Å². The van der Waals surface area contributed by atoms with Gasteiger partial charge < -0.3 is 129 Å². The lowest BCUT2D eigenvalue weighted by Crippen LogP contribution is -2.64. The number of unbranched alkanes of at least 4 members (excludes halogenated alkanes) is 6.